The van der Waals surface area contributed by atoms with Crippen molar-refractivity contribution in [3.05, 3.63) is 99.0 Å². The summed E-state index contributed by atoms with van der Waals surface area (Å²) in [6.45, 7) is 5.39. The molecule has 7 nitrogen and oxygen atoms in total. The molecule has 2 aromatic carbocycles. The summed E-state index contributed by atoms with van der Waals surface area (Å²) >= 11 is 0. The van der Waals surface area contributed by atoms with Gasteiger partial charge in [0.1, 0.15) is 11.9 Å². The summed E-state index contributed by atoms with van der Waals surface area (Å²) in [6.07, 6.45) is 3.58. The highest BCUT2D eigenvalue weighted by Crippen LogP contribution is 2.41. The number of nitrogens with zero attached hydrogens (tertiary/aromatic N) is 3. The number of aryl methyl sites for hydroxylation is 2. The summed E-state index contributed by atoms with van der Waals surface area (Å²) in [5.74, 6) is -0.931. The van der Waals surface area contributed by atoms with Gasteiger partial charge >= 0.3 is 0 Å². The second-order valence-corrected chi connectivity index (χ2v) is 9.93. The van der Waals surface area contributed by atoms with Gasteiger partial charge in [-0.1, -0.05) is 48.5 Å². The third kappa shape index (κ3) is 3.88. The first kappa shape index (κ1) is 23.9. The van der Waals surface area contributed by atoms with Crippen molar-refractivity contribution in [2.24, 2.45) is 0 Å². The first-order valence-electron chi connectivity index (χ1n) is 12.5. The number of carbonyl (C=O) groups is 2. The lowest BCUT2D eigenvalue weighted by molar-refractivity contribution is -0.117. The Hall–Kier alpha value is -3.87. The molecule has 1 amide bonds. The Morgan fingerprint density at radius 3 is 2.11 bits per heavy atom. The van der Waals surface area contributed by atoms with Gasteiger partial charge < -0.3 is 14.8 Å². The lowest BCUT2D eigenvalue weighted by Crippen LogP contribution is -2.64. The van der Waals surface area contributed by atoms with Gasteiger partial charge in [0.25, 0.3) is 5.91 Å². The van der Waals surface area contributed by atoms with Gasteiger partial charge in [-0.2, -0.15) is 0 Å². The summed E-state index contributed by atoms with van der Waals surface area (Å²) < 4.78 is 1.65. The minimum atomic E-state index is -0.595. The highest BCUT2D eigenvalue weighted by atomic mass is 16.3. The van der Waals surface area contributed by atoms with E-state index in [1.165, 1.54) is 17.2 Å². The molecule has 1 unspecified atom stereocenters. The molecule has 1 aliphatic carbocycles. The van der Waals surface area contributed by atoms with E-state index in [1.54, 1.807) is 22.7 Å². The fourth-order valence-corrected chi connectivity index (χ4v) is 5.70. The molecule has 0 bridgehead atoms. The van der Waals surface area contributed by atoms with Crippen molar-refractivity contribution < 1.29 is 14.7 Å². The number of aromatic nitrogens is 1. The minimum absolute atomic E-state index is 0.0429. The average molecular weight is 486 g/mol. The van der Waals surface area contributed by atoms with Crippen molar-refractivity contribution in [2.75, 3.05) is 5.01 Å². The molecule has 1 aromatic heterocycles. The Balaban J connectivity index is 1.83. The van der Waals surface area contributed by atoms with Crippen LogP contribution >= 0.6 is 0 Å². The highest BCUT2D eigenvalue weighted by molar-refractivity contribution is 5.96. The molecule has 36 heavy (non-hydrogen) atoms. The quantitative estimate of drug-likeness (QED) is 0.592. The molecule has 1 N–H and O–H groups in total. The maximum atomic E-state index is 13.8. The van der Waals surface area contributed by atoms with Gasteiger partial charge in [0, 0.05) is 24.7 Å². The Morgan fingerprint density at radius 1 is 0.972 bits per heavy atom. The topological polar surface area (TPSA) is 82.9 Å². The van der Waals surface area contributed by atoms with Crippen LogP contribution in [0.15, 0.2) is 65.6 Å². The smallest absolute Gasteiger partial charge is 0.278 e. The number of benzene rings is 2. The number of Topliss-reactive ketones (excluding diaryl/α,β-unsaturated/α-hetero) is 1. The zero-order valence-corrected chi connectivity index (χ0v) is 20.8. The average Bonchev–Trinajstić information content (AvgIpc) is 3.01. The molecule has 0 spiro atoms. The summed E-state index contributed by atoms with van der Waals surface area (Å²) in [6, 6.07) is 17.4. The molecule has 5 rings (SSSR count). The number of hydrogen-bond acceptors (Lipinski definition) is 5. The Labute approximate surface area is 210 Å². The van der Waals surface area contributed by atoms with E-state index >= 15 is 0 Å². The van der Waals surface area contributed by atoms with E-state index in [1.807, 2.05) is 38.1 Å². The number of fused-ring (bicyclic) bond motifs is 3. The molecule has 186 valence electrons. The molecule has 1 aliphatic heterocycles. The van der Waals surface area contributed by atoms with Crippen LogP contribution < -0.4 is 10.4 Å². The molecule has 7 heteroatoms. The monoisotopic (exact) mass is 485 g/mol. The molecule has 2 heterocycles. The van der Waals surface area contributed by atoms with Crippen LogP contribution in [0.2, 0.25) is 0 Å². The number of rotatable bonds is 5. The summed E-state index contributed by atoms with van der Waals surface area (Å²) in [4.78, 5) is 40.0. The number of aromatic hydroxyl groups is 1. The van der Waals surface area contributed by atoms with Gasteiger partial charge in [0.15, 0.2) is 11.4 Å². The second-order valence-electron chi connectivity index (χ2n) is 9.93. The van der Waals surface area contributed by atoms with Crippen LogP contribution in [0.3, 0.4) is 0 Å². The van der Waals surface area contributed by atoms with Crippen LogP contribution in [0, 0.1) is 0 Å². The van der Waals surface area contributed by atoms with Crippen molar-refractivity contribution >= 4 is 11.7 Å². The molecule has 0 fully saturated rings. The van der Waals surface area contributed by atoms with Crippen molar-refractivity contribution in [3.8, 4) is 5.75 Å². The predicted molar refractivity (Wildman–Crippen MR) is 138 cm³/mol. The fraction of sp³-hybridized carbons (Fsp3) is 0.345. The molecule has 0 saturated carbocycles. The zero-order chi connectivity index (χ0) is 25.6. The van der Waals surface area contributed by atoms with Gasteiger partial charge in [-0.3, -0.25) is 19.3 Å². The Bertz CT molecular complexity index is 1350. The van der Waals surface area contributed by atoms with Crippen LogP contribution in [0.1, 0.15) is 72.4 Å². The maximum Gasteiger partial charge on any atom is 0.278 e. The fourth-order valence-electron chi connectivity index (χ4n) is 5.70. The van der Waals surface area contributed by atoms with Crippen LogP contribution in [0.5, 0.6) is 5.75 Å². The normalized spacial score (nSPS) is 17.4. The van der Waals surface area contributed by atoms with Crippen molar-refractivity contribution in [2.45, 2.75) is 64.7 Å². The highest BCUT2D eigenvalue weighted by Gasteiger charge is 2.45. The van der Waals surface area contributed by atoms with E-state index in [0.717, 1.165) is 24.0 Å². The van der Waals surface area contributed by atoms with E-state index in [-0.39, 0.29) is 23.6 Å². The third-order valence-electron chi connectivity index (χ3n) is 7.30. The first-order chi connectivity index (χ1) is 17.3. The predicted octanol–water partition coefficient (Wildman–Crippen LogP) is 3.94. The lowest BCUT2D eigenvalue weighted by Gasteiger charge is -2.51. The maximum absolute atomic E-state index is 13.8. The summed E-state index contributed by atoms with van der Waals surface area (Å²) in [5.41, 5.74) is 4.00. The largest absolute Gasteiger partial charge is 0.502 e. The van der Waals surface area contributed by atoms with Gasteiger partial charge in [-0.25, -0.2) is 0 Å². The van der Waals surface area contributed by atoms with Gasteiger partial charge in [0.05, 0.1) is 6.04 Å². The number of hydrogen-bond donors (Lipinski definition) is 1. The molecule has 0 saturated heterocycles. The molecule has 1 atom stereocenters. The molecular weight excluding hydrogens is 454 g/mol. The van der Waals surface area contributed by atoms with Crippen molar-refractivity contribution in [3.63, 3.8) is 0 Å². The lowest BCUT2D eigenvalue weighted by atomic mass is 9.92. The Kier molecular flexibility index (Phi) is 6.16. The number of pyridine rings is 1. The van der Waals surface area contributed by atoms with E-state index in [9.17, 15) is 19.5 Å². The van der Waals surface area contributed by atoms with Crippen LogP contribution in [0.25, 0.3) is 0 Å². The summed E-state index contributed by atoms with van der Waals surface area (Å²) in [7, 11) is 0. The van der Waals surface area contributed by atoms with E-state index in [0.29, 0.717) is 12.8 Å². The molecule has 0 radical (unpaired) electrons. The number of amides is 1. The Morgan fingerprint density at radius 2 is 1.56 bits per heavy atom. The van der Waals surface area contributed by atoms with Gasteiger partial charge in [0.2, 0.25) is 5.43 Å². The first-order valence-corrected chi connectivity index (χ1v) is 12.5. The SMILES string of the molecule is CC(=O)CCC1N(C(C)C)C(=O)c2c(O)c(=O)ccn2N1C1c2ccccc2CCc2ccccc21. The van der Waals surface area contributed by atoms with Crippen LogP contribution in [-0.2, 0) is 17.6 Å². The van der Waals surface area contributed by atoms with Crippen LogP contribution in [0.4, 0.5) is 0 Å². The standard InChI is InChI=1S/C29H31N3O4/c1-18(2)31-25(15-12-19(3)33)32(30-17-16-24(34)28(35)27(30)29(31)36)26-22-10-6-4-8-20(22)13-14-21-9-5-7-11-23(21)26/h4-11,16-18,25-26,35H,12-15H2,1-3H3. The van der Waals surface area contributed by atoms with Crippen molar-refractivity contribution in [1.29, 1.82) is 0 Å². The minimum Gasteiger partial charge on any atom is -0.502 e. The summed E-state index contributed by atoms with van der Waals surface area (Å²) in [5, 5.41) is 12.9. The molecule has 3 aromatic rings. The van der Waals surface area contributed by atoms with Gasteiger partial charge in [-0.05, 0) is 62.3 Å². The molecular formula is C29H31N3O4. The number of carbonyl (C=O) groups excluding carboxylic acids is 2. The van der Waals surface area contributed by atoms with Crippen LogP contribution in [-0.4, -0.2) is 38.6 Å². The zero-order valence-electron chi connectivity index (χ0n) is 20.8. The van der Waals surface area contributed by atoms with Gasteiger partial charge in [-0.15, -0.1) is 0 Å². The van der Waals surface area contributed by atoms with E-state index in [4.69, 9.17) is 0 Å². The second kappa shape index (κ2) is 9.30. The third-order valence-corrected chi connectivity index (χ3v) is 7.30. The van der Waals surface area contributed by atoms with E-state index < -0.39 is 23.3 Å². The molecule has 2 aliphatic rings. The van der Waals surface area contributed by atoms with E-state index in [2.05, 4.69) is 29.3 Å². The van der Waals surface area contributed by atoms with Crippen molar-refractivity contribution in [1.82, 2.24) is 9.58 Å². The number of ketones is 1.